The number of hydrogen-bond acceptors (Lipinski definition) is 2. The second kappa shape index (κ2) is 5.68. The van der Waals surface area contributed by atoms with Gasteiger partial charge in [0.2, 0.25) is 5.91 Å². The summed E-state index contributed by atoms with van der Waals surface area (Å²) in [4.78, 5) is 23.1. The van der Waals surface area contributed by atoms with Crippen molar-refractivity contribution < 1.29 is 14.7 Å². The van der Waals surface area contributed by atoms with Gasteiger partial charge in [-0.1, -0.05) is 30.2 Å². The van der Waals surface area contributed by atoms with Gasteiger partial charge >= 0.3 is 5.97 Å². The van der Waals surface area contributed by atoms with E-state index in [0.29, 0.717) is 17.4 Å². The van der Waals surface area contributed by atoms with Crippen LogP contribution in [0.5, 0.6) is 0 Å². The number of carboxylic acid groups (broad SMARTS) is 1. The van der Waals surface area contributed by atoms with Gasteiger partial charge in [-0.25, -0.2) is 0 Å². The molecule has 21 heavy (non-hydrogen) atoms. The van der Waals surface area contributed by atoms with Gasteiger partial charge in [-0.05, 0) is 42.9 Å². The summed E-state index contributed by atoms with van der Waals surface area (Å²) in [5, 5.41) is 12.7. The first-order chi connectivity index (χ1) is 10.1. The molecule has 3 rings (SSSR count). The van der Waals surface area contributed by atoms with E-state index in [1.165, 1.54) is 6.42 Å². The summed E-state index contributed by atoms with van der Waals surface area (Å²) in [6.45, 7) is 0. The first-order valence-electron chi connectivity index (χ1n) is 7.35. The number of halogens is 1. The van der Waals surface area contributed by atoms with Crippen molar-refractivity contribution in [3.63, 3.8) is 0 Å². The fraction of sp³-hybridized carbons (Fsp3) is 0.500. The van der Waals surface area contributed by atoms with Gasteiger partial charge in [0.05, 0.1) is 17.9 Å². The molecular formula is C16H18ClNO3. The van der Waals surface area contributed by atoms with Crippen LogP contribution in [-0.4, -0.2) is 17.0 Å². The Morgan fingerprint density at radius 1 is 1.19 bits per heavy atom. The van der Waals surface area contributed by atoms with E-state index in [1.54, 1.807) is 0 Å². The van der Waals surface area contributed by atoms with Gasteiger partial charge in [-0.3, -0.25) is 9.59 Å². The SMILES string of the molecule is O=C(O)C1CC1C(=O)NC(c1ccc(Cl)cc1)C1CCC1. The third-order valence-corrected chi connectivity index (χ3v) is 4.84. The van der Waals surface area contributed by atoms with Crippen molar-refractivity contribution >= 4 is 23.5 Å². The Kier molecular flexibility index (Phi) is 3.89. The third-order valence-electron chi connectivity index (χ3n) is 4.59. The lowest BCUT2D eigenvalue weighted by molar-refractivity contribution is -0.140. The molecular weight excluding hydrogens is 290 g/mol. The summed E-state index contributed by atoms with van der Waals surface area (Å²) in [6.07, 6.45) is 3.84. The predicted octanol–water partition coefficient (Wildman–Crippen LogP) is 3.02. The summed E-state index contributed by atoms with van der Waals surface area (Å²) in [7, 11) is 0. The molecule has 0 bridgehead atoms. The smallest absolute Gasteiger partial charge is 0.307 e. The van der Waals surface area contributed by atoms with E-state index >= 15 is 0 Å². The number of carbonyl (C=O) groups is 2. The number of carboxylic acids is 1. The molecule has 112 valence electrons. The van der Waals surface area contributed by atoms with Gasteiger partial charge in [0.1, 0.15) is 0 Å². The second-order valence-corrected chi connectivity index (χ2v) is 6.45. The van der Waals surface area contributed by atoms with Crippen LogP contribution >= 0.6 is 11.6 Å². The number of nitrogens with one attached hydrogen (secondary N) is 1. The van der Waals surface area contributed by atoms with Gasteiger partial charge < -0.3 is 10.4 Å². The highest BCUT2D eigenvalue weighted by molar-refractivity contribution is 6.30. The number of carbonyl (C=O) groups excluding carboxylic acids is 1. The van der Waals surface area contributed by atoms with Crippen LogP contribution in [0.1, 0.15) is 37.3 Å². The van der Waals surface area contributed by atoms with Crippen molar-refractivity contribution in [1.82, 2.24) is 5.32 Å². The first kappa shape index (κ1) is 14.4. The van der Waals surface area contributed by atoms with Crippen LogP contribution in [0.3, 0.4) is 0 Å². The number of aliphatic carboxylic acids is 1. The molecule has 1 amide bonds. The molecule has 3 unspecified atom stereocenters. The molecule has 0 aromatic heterocycles. The van der Waals surface area contributed by atoms with Crippen LogP contribution in [0.4, 0.5) is 0 Å². The molecule has 0 aliphatic heterocycles. The number of rotatable bonds is 5. The van der Waals surface area contributed by atoms with Gasteiger partial charge in [-0.15, -0.1) is 0 Å². The van der Waals surface area contributed by atoms with Gasteiger partial charge in [0.15, 0.2) is 0 Å². The first-order valence-corrected chi connectivity index (χ1v) is 7.72. The zero-order chi connectivity index (χ0) is 15.0. The van der Waals surface area contributed by atoms with Crippen LogP contribution in [0.15, 0.2) is 24.3 Å². The summed E-state index contributed by atoms with van der Waals surface area (Å²) in [5.74, 6) is -1.43. The van der Waals surface area contributed by atoms with E-state index < -0.39 is 11.9 Å². The zero-order valence-electron chi connectivity index (χ0n) is 11.6. The molecule has 0 heterocycles. The van der Waals surface area contributed by atoms with E-state index in [4.69, 9.17) is 16.7 Å². The maximum absolute atomic E-state index is 12.2. The molecule has 0 saturated heterocycles. The largest absolute Gasteiger partial charge is 0.481 e. The zero-order valence-corrected chi connectivity index (χ0v) is 12.3. The lowest BCUT2D eigenvalue weighted by atomic mass is 9.77. The van der Waals surface area contributed by atoms with Crippen LogP contribution < -0.4 is 5.32 Å². The minimum absolute atomic E-state index is 0.0291. The van der Waals surface area contributed by atoms with E-state index in [1.807, 2.05) is 24.3 Å². The Balaban J connectivity index is 1.70. The van der Waals surface area contributed by atoms with Crippen molar-refractivity contribution in [2.45, 2.75) is 31.7 Å². The molecule has 2 fully saturated rings. The lowest BCUT2D eigenvalue weighted by Gasteiger charge is -2.34. The Bertz CT molecular complexity index is 553. The molecule has 1 aromatic carbocycles. The van der Waals surface area contributed by atoms with Crippen LogP contribution in [0.25, 0.3) is 0 Å². The highest BCUT2D eigenvalue weighted by Crippen LogP contribution is 2.42. The average Bonchev–Trinajstić information content (AvgIpc) is 3.17. The summed E-state index contributed by atoms with van der Waals surface area (Å²) < 4.78 is 0. The lowest BCUT2D eigenvalue weighted by Crippen LogP contribution is -2.37. The number of hydrogen-bond donors (Lipinski definition) is 2. The van der Waals surface area contributed by atoms with Crippen molar-refractivity contribution in [3.05, 3.63) is 34.9 Å². The van der Waals surface area contributed by atoms with E-state index in [-0.39, 0.29) is 17.9 Å². The molecule has 2 saturated carbocycles. The minimum Gasteiger partial charge on any atom is -0.481 e. The second-order valence-electron chi connectivity index (χ2n) is 6.02. The normalized spacial score (nSPS) is 25.8. The Hall–Kier alpha value is -1.55. The average molecular weight is 308 g/mol. The van der Waals surface area contributed by atoms with Crippen LogP contribution in [0.2, 0.25) is 5.02 Å². The number of benzene rings is 1. The highest BCUT2D eigenvalue weighted by atomic mass is 35.5. The monoisotopic (exact) mass is 307 g/mol. The topological polar surface area (TPSA) is 66.4 Å². The van der Waals surface area contributed by atoms with E-state index in [2.05, 4.69) is 5.32 Å². The predicted molar refractivity (Wildman–Crippen MR) is 78.9 cm³/mol. The van der Waals surface area contributed by atoms with Crippen molar-refractivity contribution in [3.8, 4) is 0 Å². The minimum atomic E-state index is -0.873. The molecule has 0 radical (unpaired) electrons. The Labute approximate surface area is 128 Å². The van der Waals surface area contributed by atoms with Crippen molar-refractivity contribution in [2.24, 2.45) is 17.8 Å². The van der Waals surface area contributed by atoms with Gasteiger partial charge in [-0.2, -0.15) is 0 Å². The molecule has 4 nitrogen and oxygen atoms in total. The van der Waals surface area contributed by atoms with E-state index in [0.717, 1.165) is 18.4 Å². The molecule has 1 aromatic rings. The van der Waals surface area contributed by atoms with Crippen molar-refractivity contribution in [1.29, 1.82) is 0 Å². The van der Waals surface area contributed by atoms with Crippen LogP contribution in [0, 0.1) is 17.8 Å². The molecule has 5 heteroatoms. The van der Waals surface area contributed by atoms with Crippen molar-refractivity contribution in [2.75, 3.05) is 0 Å². The molecule has 0 spiro atoms. The molecule has 3 atom stereocenters. The number of amides is 1. The maximum Gasteiger partial charge on any atom is 0.307 e. The summed E-state index contributed by atoms with van der Waals surface area (Å²) >= 11 is 5.91. The fourth-order valence-electron chi connectivity index (χ4n) is 2.93. The Morgan fingerprint density at radius 2 is 1.86 bits per heavy atom. The summed E-state index contributed by atoms with van der Waals surface area (Å²) in [5.41, 5.74) is 1.05. The molecule has 2 aliphatic rings. The van der Waals surface area contributed by atoms with Gasteiger partial charge in [0.25, 0.3) is 0 Å². The fourth-order valence-corrected chi connectivity index (χ4v) is 3.06. The third kappa shape index (κ3) is 3.05. The molecule has 2 N–H and O–H groups in total. The van der Waals surface area contributed by atoms with Crippen LogP contribution in [-0.2, 0) is 9.59 Å². The maximum atomic E-state index is 12.2. The standard InChI is InChI=1S/C16H18ClNO3/c17-11-6-4-10(5-7-11)14(9-2-1-3-9)18-15(19)12-8-13(12)16(20)21/h4-7,9,12-14H,1-3,8H2,(H,18,19)(H,20,21). The van der Waals surface area contributed by atoms with Gasteiger partial charge in [0, 0.05) is 5.02 Å². The van der Waals surface area contributed by atoms with E-state index in [9.17, 15) is 9.59 Å². The quantitative estimate of drug-likeness (QED) is 0.878. The Morgan fingerprint density at radius 3 is 2.33 bits per heavy atom. The highest BCUT2D eigenvalue weighted by Gasteiger charge is 2.49. The molecule has 2 aliphatic carbocycles. The summed E-state index contributed by atoms with van der Waals surface area (Å²) in [6, 6.07) is 7.50.